The van der Waals surface area contributed by atoms with E-state index < -0.39 is 38.6 Å². The van der Waals surface area contributed by atoms with Crippen molar-refractivity contribution in [2.75, 3.05) is 47.5 Å². The number of ether oxygens (including phenoxy) is 2. The Hall–Kier alpha value is -3.31. The number of esters is 2. The molecule has 0 aliphatic heterocycles. The van der Waals surface area contributed by atoms with Crippen molar-refractivity contribution in [1.29, 1.82) is 0 Å². The number of hydrogen-bond donors (Lipinski definition) is 1. The number of unbranched alkanes of at least 4 members (excludes halogenated alkanes) is 7. The summed E-state index contributed by atoms with van der Waals surface area (Å²) in [6, 6.07) is 0. The van der Waals surface area contributed by atoms with Crippen molar-refractivity contribution in [1.82, 2.24) is 0 Å². The first-order valence-corrected chi connectivity index (χ1v) is 24.6. The van der Waals surface area contributed by atoms with E-state index in [1.807, 2.05) is 63.7 Å². The van der Waals surface area contributed by atoms with Crippen LogP contribution in [0.25, 0.3) is 0 Å². The molecule has 0 aromatic carbocycles. The van der Waals surface area contributed by atoms with Gasteiger partial charge >= 0.3 is 11.9 Å². The van der Waals surface area contributed by atoms with Crippen LogP contribution in [-0.4, -0.2) is 81.2 Å². The lowest BCUT2D eigenvalue weighted by atomic mass is 10.0. The van der Waals surface area contributed by atoms with Crippen LogP contribution in [0, 0.1) is 13.8 Å². The van der Waals surface area contributed by atoms with Gasteiger partial charge < -0.3 is 37.4 Å². The molecule has 1 aromatic rings. The quantitative estimate of drug-likeness (QED) is 0.0171. The first-order valence-electron chi connectivity index (χ1n) is 23.1. The average Bonchev–Trinajstić information content (AvgIpc) is 3.48. The van der Waals surface area contributed by atoms with E-state index in [0.29, 0.717) is 30.3 Å². The highest BCUT2D eigenvalue weighted by Gasteiger charge is 2.22. The van der Waals surface area contributed by atoms with E-state index in [2.05, 4.69) is 52.0 Å². The fourth-order valence-electron chi connectivity index (χ4n) is 6.12. The van der Waals surface area contributed by atoms with Gasteiger partial charge in [0.25, 0.3) is 7.82 Å². The Bertz CT molecular complexity index is 1580. The van der Waals surface area contributed by atoms with Crippen LogP contribution < -0.4 is 4.89 Å². The van der Waals surface area contributed by atoms with Gasteiger partial charge in [-0.25, -0.2) is 0 Å². The summed E-state index contributed by atoms with van der Waals surface area (Å²) in [4.78, 5) is 37.7. The van der Waals surface area contributed by atoms with Gasteiger partial charge in [0, 0.05) is 25.7 Å². The molecule has 0 aliphatic carbocycles. The number of likely N-dealkylation sites (N-methyl/N-ethyl adjacent to an activating group) is 1. The van der Waals surface area contributed by atoms with Gasteiger partial charge in [-0.2, -0.15) is 0 Å². The Kier molecular flexibility index (Phi) is 32.1. The van der Waals surface area contributed by atoms with Crippen LogP contribution in [0.3, 0.4) is 0 Å². The molecule has 0 radical (unpaired) electrons. The highest BCUT2D eigenvalue weighted by atomic mass is 31.2. The molecule has 1 aromatic heterocycles. The molecular weight excluding hydrogens is 806 g/mol. The standard InChI is InChI=1S/C50H82NO10P/c1-8-10-27-33-45(52)34-29-23-19-17-15-13-12-14-16-18-20-25-31-37-49(53)57-41-46(42-59-62(55,56)58-40-39-51(5,6)7)60-50(54)38-32-26-22-21-24-30-36-48-44(4)43(3)47(61-48)35-28-11-9-2/h10,13-16,19-20,23,25,27,29,34,45-46,52H,8-9,11-12,17-18,21-22,24,26,28,30-33,35-42H2,1-7H3/b15-13-,16-14-,23-19+,25-20-,27-10-,34-29+/t45?,46-/m1/s1. The molecule has 0 aliphatic rings. The number of quaternary nitrogens is 1. The number of phosphoric ester groups is 1. The number of aryl methyl sites for hydroxylation is 2. The molecule has 2 unspecified atom stereocenters. The van der Waals surface area contributed by atoms with Crippen LogP contribution in [0.4, 0.5) is 0 Å². The molecule has 0 saturated carbocycles. The van der Waals surface area contributed by atoms with Crippen LogP contribution in [0.1, 0.15) is 146 Å². The second-order valence-corrected chi connectivity index (χ2v) is 18.2. The summed E-state index contributed by atoms with van der Waals surface area (Å²) in [5.41, 5.74) is 2.58. The number of furan rings is 1. The number of aliphatic hydroxyl groups excluding tert-OH is 1. The number of aliphatic hydroxyl groups is 1. The van der Waals surface area contributed by atoms with Gasteiger partial charge in [0.1, 0.15) is 31.3 Å². The number of phosphoric acid groups is 1. The molecule has 62 heavy (non-hydrogen) atoms. The second kappa shape index (κ2) is 35.1. The summed E-state index contributed by atoms with van der Waals surface area (Å²) in [6.07, 6.45) is 38.3. The molecule has 11 nitrogen and oxygen atoms in total. The van der Waals surface area contributed by atoms with Crippen molar-refractivity contribution in [2.45, 2.75) is 162 Å². The first kappa shape index (κ1) is 56.7. The van der Waals surface area contributed by atoms with Crippen molar-refractivity contribution in [2.24, 2.45) is 0 Å². The summed E-state index contributed by atoms with van der Waals surface area (Å²) in [6.45, 7) is 8.13. The maximum atomic E-state index is 12.8. The summed E-state index contributed by atoms with van der Waals surface area (Å²) >= 11 is 0. The Labute approximate surface area is 375 Å². The lowest BCUT2D eigenvalue weighted by Gasteiger charge is -2.28. The lowest BCUT2D eigenvalue weighted by molar-refractivity contribution is -0.870. The molecule has 12 heteroatoms. The largest absolute Gasteiger partial charge is 0.756 e. The molecule has 3 atom stereocenters. The minimum atomic E-state index is -4.67. The number of hydrogen-bond acceptors (Lipinski definition) is 10. The number of carbonyl (C=O) groups is 2. The Morgan fingerprint density at radius 2 is 1.32 bits per heavy atom. The normalized spacial score (nSPS) is 14.7. The van der Waals surface area contributed by atoms with Gasteiger partial charge in [-0.3, -0.25) is 14.2 Å². The van der Waals surface area contributed by atoms with Crippen molar-refractivity contribution >= 4 is 19.8 Å². The Morgan fingerprint density at radius 1 is 0.726 bits per heavy atom. The highest BCUT2D eigenvalue weighted by molar-refractivity contribution is 7.45. The monoisotopic (exact) mass is 888 g/mol. The molecule has 0 fully saturated rings. The topological polar surface area (TPSA) is 145 Å². The molecule has 1 N–H and O–H groups in total. The van der Waals surface area contributed by atoms with Crippen LogP contribution in [-0.2, 0) is 45.5 Å². The second-order valence-electron chi connectivity index (χ2n) is 16.8. The smallest absolute Gasteiger partial charge is 0.306 e. The van der Waals surface area contributed by atoms with Gasteiger partial charge in [0.2, 0.25) is 0 Å². The predicted octanol–water partition coefficient (Wildman–Crippen LogP) is 11.0. The summed E-state index contributed by atoms with van der Waals surface area (Å²) < 4.78 is 40.1. The van der Waals surface area contributed by atoms with Crippen molar-refractivity contribution in [3.63, 3.8) is 0 Å². The molecular formula is C50H82NO10P. The zero-order valence-electron chi connectivity index (χ0n) is 39.4. The van der Waals surface area contributed by atoms with Gasteiger partial charge in [0.15, 0.2) is 6.10 Å². The van der Waals surface area contributed by atoms with Crippen LogP contribution >= 0.6 is 7.82 Å². The van der Waals surface area contributed by atoms with Crippen molar-refractivity contribution in [3.8, 4) is 0 Å². The minimum Gasteiger partial charge on any atom is -0.756 e. The number of allylic oxidation sites excluding steroid dienone is 10. The van der Waals surface area contributed by atoms with Crippen LogP contribution in [0.2, 0.25) is 0 Å². The van der Waals surface area contributed by atoms with Crippen LogP contribution in [0.5, 0.6) is 0 Å². The van der Waals surface area contributed by atoms with Gasteiger partial charge in [0.05, 0.1) is 33.9 Å². The van der Waals surface area contributed by atoms with Crippen molar-refractivity contribution < 1.29 is 51.6 Å². The predicted molar refractivity (Wildman–Crippen MR) is 250 cm³/mol. The maximum absolute atomic E-state index is 12.8. The van der Waals surface area contributed by atoms with E-state index in [4.69, 9.17) is 22.9 Å². The van der Waals surface area contributed by atoms with E-state index in [1.165, 1.54) is 24.0 Å². The fraction of sp³-hybridized carbons (Fsp3) is 0.640. The molecule has 1 rings (SSSR count). The van der Waals surface area contributed by atoms with Gasteiger partial charge in [-0.15, -0.1) is 0 Å². The molecule has 0 amide bonds. The zero-order chi connectivity index (χ0) is 45.9. The number of nitrogens with zero attached hydrogens (tertiary/aromatic N) is 1. The molecule has 1 heterocycles. The van der Waals surface area contributed by atoms with E-state index in [-0.39, 0.29) is 26.1 Å². The van der Waals surface area contributed by atoms with E-state index in [0.717, 1.165) is 88.6 Å². The minimum absolute atomic E-state index is 0.0616. The van der Waals surface area contributed by atoms with Gasteiger partial charge in [-0.1, -0.05) is 125 Å². The van der Waals surface area contributed by atoms with Gasteiger partial charge in [-0.05, 0) is 82.8 Å². The lowest BCUT2D eigenvalue weighted by Crippen LogP contribution is -2.37. The highest BCUT2D eigenvalue weighted by Crippen LogP contribution is 2.38. The Morgan fingerprint density at radius 3 is 1.95 bits per heavy atom. The third-order valence-corrected chi connectivity index (χ3v) is 11.0. The summed E-state index contributed by atoms with van der Waals surface area (Å²) in [7, 11) is 1.06. The van der Waals surface area contributed by atoms with Crippen molar-refractivity contribution in [3.05, 3.63) is 95.6 Å². The van der Waals surface area contributed by atoms with E-state index in [1.54, 1.807) is 6.08 Å². The first-order chi connectivity index (χ1) is 29.7. The SMILES string of the molecule is CC/C=C\CC(O)/C=C/C=C/C/C=C\C/C=C\C/C=C\CCC(=O)OC[C@H](COP(=O)([O-])OCC[N+](C)(C)C)OC(=O)CCCCCCCCc1oc(CCCCC)c(C)c1C. The molecule has 352 valence electrons. The third-order valence-electron chi connectivity index (χ3n) is 10.0. The molecule has 0 saturated heterocycles. The summed E-state index contributed by atoms with van der Waals surface area (Å²) in [5.74, 6) is 1.26. The van der Waals surface area contributed by atoms with E-state index >= 15 is 0 Å². The molecule has 0 spiro atoms. The third kappa shape index (κ3) is 31.5. The van der Waals surface area contributed by atoms with E-state index in [9.17, 15) is 24.2 Å². The Balaban J connectivity index is 2.44. The summed E-state index contributed by atoms with van der Waals surface area (Å²) in [5, 5.41) is 9.85. The fourth-order valence-corrected chi connectivity index (χ4v) is 6.85. The molecule has 0 bridgehead atoms. The zero-order valence-corrected chi connectivity index (χ0v) is 40.3. The number of rotatable bonds is 37. The van der Waals surface area contributed by atoms with Crippen LogP contribution in [0.15, 0.2) is 77.3 Å². The number of carbonyl (C=O) groups excluding carboxylic acids is 2. The maximum Gasteiger partial charge on any atom is 0.306 e. The average molecular weight is 888 g/mol.